The summed E-state index contributed by atoms with van der Waals surface area (Å²) in [6.45, 7) is 5.79. The summed E-state index contributed by atoms with van der Waals surface area (Å²) in [6, 6.07) is 9.89. The van der Waals surface area contributed by atoms with Gasteiger partial charge in [-0.05, 0) is 31.0 Å². The molecule has 160 valence electrons. The van der Waals surface area contributed by atoms with Crippen LogP contribution in [0.3, 0.4) is 0 Å². The Bertz CT molecular complexity index is 1150. The Morgan fingerprint density at radius 3 is 2.55 bits per heavy atom. The summed E-state index contributed by atoms with van der Waals surface area (Å²) in [4.78, 5) is 37.5. The molecule has 2 fully saturated rings. The molecule has 0 aliphatic carbocycles. The molecule has 1 aromatic carbocycles. The minimum atomic E-state index is -0.0798. The molecule has 4 heterocycles. The van der Waals surface area contributed by atoms with Crippen LogP contribution in [-0.4, -0.2) is 61.0 Å². The predicted molar refractivity (Wildman–Crippen MR) is 114 cm³/mol. The maximum absolute atomic E-state index is 13.4. The molecule has 0 bridgehead atoms. The molecule has 8 nitrogen and oxygen atoms in total. The van der Waals surface area contributed by atoms with Crippen molar-refractivity contribution in [3.8, 4) is 0 Å². The van der Waals surface area contributed by atoms with E-state index in [9.17, 15) is 9.59 Å². The molecule has 2 saturated heterocycles. The van der Waals surface area contributed by atoms with Crippen LogP contribution < -0.4 is 0 Å². The molecular weight excluding hydrogens is 392 g/mol. The van der Waals surface area contributed by atoms with Crippen LogP contribution in [0, 0.1) is 25.7 Å². The Balaban J connectivity index is 1.46. The van der Waals surface area contributed by atoms with E-state index < -0.39 is 0 Å². The van der Waals surface area contributed by atoms with E-state index in [1.54, 1.807) is 23.1 Å². The smallest absolute Gasteiger partial charge is 0.274 e. The van der Waals surface area contributed by atoms with Gasteiger partial charge in [0.1, 0.15) is 17.2 Å². The molecule has 2 aromatic heterocycles. The summed E-state index contributed by atoms with van der Waals surface area (Å²) in [5.74, 6) is 1.06. The number of carbonyl (C=O) groups is 2. The number of amides is 2. The van der Waals surface area contributed by atoms with Gasteiger partial charge in [0.15, 0.2) is 0 Å². The van der Waals surface area contributed by atoms with Gasteiger partial charge in [-0.2, -0.15) is 5.10 Å². The van der Waals surface area contributed by atoms with E-state index in [4.69, 9.17) is 0 Å². The summed E-state index contributed by atoms with van der Waals surface area (Å²) in [5.41, 5.74) is 3.28. The van der Waals surface area contributed by atoms with Crippen LogP contribution in [0.4, 0.5) is 0 Å². The Hall–Kier alpha value is -3.42. The van der Waals surface area contributed by atoms with E-state index in [2.05, 4.69) is 34.1 Å². The quantitative estimate of drug-likeness (QED) is 0.707. The summed E-state index contributed by atoms with van der Waals surface area (Å²) in [6.07, 6.45) is 3.39. The molecule has 31 heavy (non-hydrogen) atoms. The monoisotopic (exact) mass is 418 g/mol. The second kappa shape index (κ2) is 7.37. The fourth-order valence-corrected chi connectivity index (χ4v) is 5.11. The molecule has 1 N–H and O–H groups in total. The highest BCUT2D eigenvalue weighted by Gasteiger charge is 2.50. The number of imidazole rings is 1. The number of H-pyrrole nitrogens is 1. The van der Waals surface area contributed by atoms with Crippen LogP contribution in [-0.2, 0) is 7.05 Å². The third kappa shape index (κ3) is 3.32. The number of rotatable bonds is 3. The van der Waals surface area contributed by atoms with Crippen molar-refractivity contribution in [3.05, 3.63) is 71.1 Å². The van der Waals surface area contributed by atoms with Gasteiger partial charge in [-0.25, -0.2) is 4.98 Å². The molecule has 5 rings (SSSR count). The number of hydrogen-bond donors (Lipinski definition) is 1. The number of nitrogens with one attached hydrogen (secondary N) is 1. The van der Waals surface area contributed by atoms with Gasteiger partial charge in [-0.15, -0.1) is 0 Å². The van der Waals surface area contributed by atoms with Crippen molar-refractivity contribution in [3.63, 3.8) is 0 Å². The molecule has 2 aliphatic heterocycles. The lowest BCUT2D eigenvalue weighted by Crippen LogP contribution is -2.38. The van der Waals surface area contributed by atoms with E-state index >= 15 is 0 Å². The van der Waals surface area contributed by atoms with Gasteiger partial charge < -0.3 is 14.8 Å². The molecule has 0 saturated carbocycles. The number of benzene rings is 1. The summed E-state index contributed by atoms with van der Waals surface area (Å²) < 4.78 is 1.65. The number of likely N-dealkylation sites (tertiary alicyclic amines) is 2. The zero-order valence-electron chi connectivity index (χ0n) is 17.9. The van der Waals surface area contributed by atoms with Crippen LogP contribution in [0.5, 0.6) is 0 Å². The van der Waals surface area contributed by atoms with Gasteiger partial charge in [0.25, 0.3) is 11.8 Å². The van der Waals surface area contributed by atoms with Crippen molar-refractivity contribution in [2.45, 2.75) is 19.9 Å². The molecule has 8 heteroatoms. The molecule has 0 unspecified atom stereocenters. The van der Waals surface area contributed by atoms with Gasteiger partial charge in [0.05, 0.1) is 12.2 Å². The highest BCUT2D eigenvalue weighted by atomic mass is 16.2. The Kier molecular flexibility index (Phi) is 4.64. The van der Waals surface area contributed by atoms with Gasteiger partial charge in [0, 0.05) is 44.7 Å². The second-order valence-corrected chi connectivity index (χ2v) is 8.65. The average molecular weight is 419 g/mol. The minimum absolute atomic E-state index is 0.0362. The zero-order valence-corrected chi connectivity index (χ0v) is 17.9. The minimum Gasteiger partial charge on any atom is -0.338 e. The first kappa shape index (κ1) is 19.5. The summed E-state index contributed by atoms with van der Waals surface area (Å²) in [5, 5.41) is 4.28. The lowest BCUT2D eigenvalue weighted by Gasteiger charge is -2.30. The van der Waals surface area contributed by atoms with Crippen molar-refractivity contribution >= 4 is 11.8 Å². The van der Waals surface area contributed by atoms with Crippen LogP contribution in [0.15, 0.2) is 42.7 Å². The Morgan fingerprint density at radius 2 is 1.87 bits per heavy atom. The molecular formula is C23H26N6O2. The molecule has 2 aliphatic rings. The first-order chi connectivity index (χ1) is 14.9. The van der Waals surface area contributed by atoms with E-state index in [1.165, 1.54) is 0 Å². The first-order valence-electron chi connectivity index (χ1n) is 10.6. The average Bonchev–Trinajstić information content (AvgIpc) is 3.51. The van der Waals surface area contributed by atoms with Gasteiger partial charge in [0.2, 0.25) is 0 Å². The topological polar surface area (TPSA) is 87.1 Å². The number of aromatic amines is 1. The molecule has 3 atom stereocenters. The normalized spacial score (nSPS) is 22.7. The number of hydrogen-bond acceptors (Lipinski definition) is 4. The Morgan fingerprint density at radius 1 is 1.06 bits per heavy atom. The lowest BCUT2D eigenvalue weighted by atomic mass is 9.87. The van der Waals surface area contributed by atoms with E-state index in [0.29, 0.717) is 31.0 Å². The summed E-state index contributed by atoms with van der Waals surface area (Å²) in [7, 11) is 1.81. The van der Waals surface area contributed by atoms with E-state index in [0.717, 1.165) is 17.0 Å². The van der Waals surface area contributed by atoms with Gasteiger partial charge in [-0.1, -0.05) is 24.3 Å². The van der Waals surface area contributed by atoms with E-state index in [1.807, 2.05) is 35.9 Å². The maximum Gasteiger partial charge on any atom is 0.274 e. The number of fused-ring (bicyclic) bond motifs is 1. The number of aryl methyl sites for hydroxylation is 3. The van der Waals surface area contributed by atoms with Crippen molar-refractivity contribution in [2.24, 2.45) is 18.9 Å². The van der Waals surface area contributed by atoms with Crippen molar-refractivity contribution in [2.75, 3.05) is 19.6 Å². The lowest BCUT2D eigenvalue weighted by molar-refractivity contribution is 0.0670. The number of nitrogens with zero attached hydrogens (tertiary/aromatic N) is 5. The van der Waals surface area contributed by atoms with Crippen LogP contribution in [0.25, 0.3) is 0 Å². The van der Waals surface area contributed by atoms with Gasteiger partial charge >= 0.3 is 0 Å². The van der Waals surface area contributed by atoms with E-state index in [-0.39, 0.29) is 29.7 Å². The highest BCUT2D eigenvalue weighted by molar-refractivity contribution is 5.93. The molecule has 3 aromatic rings. The molecule has 0 radical (unpaired) electrons. The third-order valence-electron chi connectivity index (χ3n) is 6.59. The number of carbonyl (C=O) groups excluding carboxylic acids is 2. The van der Waals surface area contributed by atoms with Crippen molar-refractivity contribution in [1.29, 1.82) is 0 Å². The molecule has 0 spiro atoms. The zero-order chi connectivity index (χ0) is 21.7. The molecule has 2 amide bonds. The van der Waals surface area contributed by atoms with Gasteiger partial charge in [-0.3, -0.25) is 14.3 Å². The van der Waals surface area contributed by atoms with Crippen LogP contribution in [0.2, 0.25) is 0 Å². The predicted octanol–water partition coefficient (Wildman–Crippen LogP) is 2.35. The largest absolute Gasteiger partial charge is 0.338 e. The van der Waals surface area contributed by atoms with Crippen molar-refractivity contribution < 1.29 is 9.59 Å². The maximum atomic E-state index is 13.4. The third-order valence-corrected chi connectivity index (χ3v) is 6.59. The summed E-state index contributed by atoms with van der Waals surface area (Å²) >= 11 is 0. The number of aromatic nitrogens is 4. The van der Waals surface area contributed by atoms with Crippen LogP contribution in [0.1, 0.15) is 44.0 Å². The fraction of sp³-hybridized carbons (Fsp3) is 0.391. The fourth-order valence-electron chi connectivity index (χ4n) is 5.11. The Labute approximate surface area is 180 Å². The highest BCUT2D eigenvalue weighted by Crippen LogP contribution is 2.46. The second-order valence-electron chi connectivity index (χ2n) is 8.65. The standard InChI is InChI=1S/C23H26N6O2/c1-14-6-4-5-7-17(14)21-18-13-28(22(30)19-8-9-27(3)26-19)11-16(18)12-29(21)23(31)20-10-24-15(2)25-20/h4-10,16,18,21H,11-13H2,1-3H3,(H,24,25)/t16-,18-,21-/m0/s1. The van der Waals surface area contributed by atoms with Crippen molar-refractivity contribution in [1.82, 2.24) is 29.5 Å². The first-order valence-corrected chi connectivity index (χ1v) is 10.6. The SMILES string of the molecule is Cc1ncc(C(=O)N2C[C@@H]3CN(C(=O)c4ccn(C)n4)C[C@@H]3[C@@H]2c2ccccc2C)[nH]1. The van der Waals surface area contributed by atoms with Crippen LogP contribution >= 0.6 is 0 Å².